The first-order valence-electron chi connectivity index (χ1n) is 9.77. The van der Waals surface area contributed by atoms with Gasteiger partial charge < -0.3 is 15.4 Å². The molecular formula is C20H26N6O. The van der Waals surface area contributed by atoms with Crippen LogP contribution >= 0.6 is 0 Å². The van der Waals surface area contributed by atoms with Gasteiger partial charge >= 0.3 is 0 Å². The predicted molar refractivity (Wildman–Crippen MR) is 105 cm³/mol. The lowest BCUT2D eigenvalue weighted by Gasteiger charge is -2.33. The molecule has 7 nitrogen and oxygen atoms in total. The first kappa shape index (κ1) is 16.7. The number of piperidine rings is 1. The van der Waals surface area contributed by atoms with Crippen LogP contribution in [-0.2, 0) is 0 Å². The van der Waals surface area contributed by atoms with Gasteiger partial charge in [-0.1, -0.05) is 13.0 Å². The Hall–Kier alpha value is -2.41. The van der Waals surface area contributed by atoms with Crippen LogP contribution in [0.2, 0.25) is 0 Å². The molecule has 3 heterocycles. The maximum Gasteiger partial charge on any atom is 0.223 e. The Bertz CT molecular complexity index is 1010. The molecule has 1 aliphatic heterocycles. The molecule has 1 aliphatic carbocycles. The third-order valence-corrected chi connectivity index (χ3v) is 6.11. The van der Waals surface area contributed by atoms with Gasteiger partial charge in [0, 0.05) is 24.4 Å². The molecule has 7 heteroatoms. The highest BCUT2D eigenvalue weighted by atomic mass is 16.5. The van der Waals surface area contributed by atoms with Gasteiger partial charge in [-0.2, -0.15) is 4.52 Å². The summed E-state index contributed by atoms with van der Waals surface area (Å²) in [6.07, 6.45) is 5.03. The van der Waals surface area contributed by atoms with Crippen molar-refractivity contribution in [3.8, 4) is 5.75 Å². The standard InChI is InChI=1S/C20H26N6O/c1-20(8-9-20)12-25-10-4-5-13(11-25)17-23-18-14-6-3-7-15(27-2)16(14)22-19(21)26(18)24-17/h3,6-7,13H,4-5,8-12H2,1-2H3,(H2,21,22). The summed E-state index contributed by atoms with van der Waals surface area (Å²) >= 11 is 0. The number of methoxy groups -OCH3 is 1. The van der Waals surface area contributed by atoms with Crippen LogP contribution in [0.5, 0.6) is 5.75 Å². The molecule has 2 fully saturated rings. The van der Waals surface area contributed by atoms with E-state index in [0.29, 0.717) is 23.0 Å². The van der Waals surface area contributed by atoms with Crippen molar-refractivity contribution in [1.29, 1.82) is 0 Å². The van der Waals surface area contributed by atoms with Crippen LogP contribution in [0.3, 0.4) is 0 Å². The fourth-order valence-corrected chi connectivity index (χ4v) is 4.30. The van der Waals surface area contributed by atoms with Crippen LogP contribution in [0.1, 0.15) is 44.3 Å². The molecule has 1 unspecified atom stereocenters. The predicted octanol–water partition coefficient (Wildman–Crippen LogP) is 2.85. The number of ether oxygens (including phenoxy) is 1. The zero-order valence-corrected chi connectivity index (χ0v) is 16.0. The smallest absolute Gasteiger partial charge is 0.223 e. The minimum absolute atomic E-state index is 0.346. The molecule has 2 N–H and O–H groups in total. The van der Waals surface area contributed by atoms with E-state index in [9.17, 15) is 0 Å². The lowest BCUT2D eigenvalue weighted by atomic mass is 9.96. The van der Waals surface area contributed by atoms with Gasteiger partial charge in [-0.25, -0.2) is 9.97 Å². The van der Waals surface area contributed by atoms with Gasteiger partial charge in [-0.05, 0) is 49.8 Å². The van der Waals surface area contributed by atoms with Crippen molar-refractivity contribution in [2.24, 2.45) is 5.41 Å². The van der Waals surface area contributed by atoms with E-state index in [1.807, 2.05) is 18.2 Å². The van der Waals surface area contributed by atoms with Crippen molar-refractivity contribution >= 4 is 22.5 Å². The molecule has 27 heavy (non-hydrogen) atoms. The topological polar surface area (TPSA) is 81.6 Å². The second-order valence-corrected chi connectivity index (χ2v) is 8.42. The number of rotatable bonds is 4. The average Bonchev–Trinajstić information content (AvgIpc) is 3.21. The van der Waals surface area contributed by atoms with Crippen LogP contribution in [0.25, 0.3) is 16.6 Å². The monoisotopic (exact) mass is 366 g/mol. The quantitative estimate of drug-likeness (QED) is 0.765. The number of nitrogens with two attached hydrogens (primary N) is 1. The van der Waals surface area contributed by atoms with Gasteiger partial charge in [0.25, 0.3) is 0 Å². The van der Waals surface area contributed by atoms with Gasteiger partial charge in [0.05, 0.1) is 7.11 Å². The van der Waals surface area contributed by atoms with E-state index in [0.717, 1.165) is 35.3 Å². The first-order chi connectivity index (χ1) is 13.1. The second kappa shape index (κ2) is 6.05. The van der Waals surface area contributed by atoms with Gasteiger partial charge in [0.1, 0.15) is 11.3 Å². The normalized spacial score (nSPS) is 22.4. The number of para-hydroxylation sites is 1. The number of fused-ring (bicyclic) bond motifs is 3. The summed E-state index contributed by atoms with van der Waals surface area (Å²) in [7, 11) is 1.64. The maximum absolute atomic E-state index is 6.19. The van der Waals surface area contributed by atoms with Crippen molar-refractivity contribution < 1.29 is 4.74 Å². The summed E-state index contributed by atoms with van der Waals surface area (Å²) in [6.45, 7) is 5.80. The molecule has 1 atom stereocenters. The van der Waals surface area contributed by atoms with Gasteiger partial charge in [0.15, 0.2) is 11.5 Å². The Morgan fingerprint density at radius 1 is 1.30 bits per heavy atom. The van der Waals surface area contributed by atoms with E-state index >= 15 is 0 Å². The number of likely N-dealkylation sites (tertiary alicyclic amines) is 1. The Kier molecular flexibility index (Phi) is 3.75. The Morgan fingerprint density at radius 3 is 2.93 bits per heavy atom. The van der Waals surface area contributed by atoms with E-state index in [4.69, 9.17) is 20.6 Å². The number of hydrogen-bond donors (Lipinski definition) is 1. The van der Waals surface area contributed by atoms with Crippen LogP contribution in [0, 0.1) is 5.41 Å². The number of nitrogens with zero attached hydrogens (tertiary/aromatic N) is 5. The lowest BCUT2D eigenvalue weighted by Crippen LogP contribution is -2.38. The average molecular weight is 366 g/mol. The molecule has 142 valence electrons. The molecule has 1 saturated carbocycles. The van der Waals surface area contributed by atoms with Crippen LogP contribution in [0.15, 0.2) is 18.2 Å². The summed E-state index contributed by atoms with van der Waals surface area (Å²) in [6, 6.07) is 5.84. The Labute approximate surface area is 158 Å². The van der Waals surface area contributed by atoms with E-state index in [-0.39, 0.29) is 0 Å². The number of anilines is 1. The zero-order chi connectivity index (χ0) is 18.6. The van der Waals surface area contributed by atoms with E-state index in [1.54, 1.807) is 11.6 Å². The van der Waals surface area contributed by atoms with Crippen LogP contribution in [0.4, 0.5) is 5.95 Å². The molecule has 0 spiro atoms. The molecule has 1 saturated heterocycles. The first-order valence-corrected chi connectivity index (χ1v) is 9.77. The summed E-state index contributed by atoms with van der Waals surface area (Å²) in [4.78, 5) is 12.0. The van der Waals surface area contributed by atoms with Crippen molar-refractivity contribution in [3.05, 3.63) is 24.0 Å². The van der Waals surface area contributed by atoms with Crippen molar-refractivity contribution in [3.63, 3.8) is 0 Å². The molecule has 2 aliphatic rings. The molecular weight excluding hydrogens is 340 g/mol. The summed E-state index contributed by atoms with van der Waals surface area (Å²) < 4.78 is 7.12. The largest absolute Gasteiger partial charge is 0.494 e. The highest BCUT2D eigenvalue weighted by Crippen LogP contribution is 2.46. The number of aromatic nitrogens is 4. The van der Waals surface area contributed by atoms with Crippen LogP contribution in [-0.4, -0.2) is 51.2 Å². The highest BCUT2D eigenvalue weighted by molar-refractivity contribution is 5.95. The fraction of sp³-hybridized carbons (Fsp3) is 0.550. The molecule has 3 aromatic rings. The molecule has 1 aromatic carbocycles. The highest BCUT2D eigenvalue weighted by Gasteiger charge is 2.40. The van der Waals surface area contributed by atoms with Crippen molar-refractivity contribution in [2.75, 3.05) is 32.5 Å². The molecule has 0 radical (unpaired) electrons. The fourth-order valence-electron chi connectivity index (χ4n) is 4.30. The van der Waals surface area contributed by atoms with E-state index in [2.05, 4.69) is 16.8 Å². The number of hydrogen-bond acceptors (Lipinski definition) is 6. The Balaban J connectivity index is 1.52. The number of nitrogen functional groups attached to an aromatic ring is 1. The summed E-state index contributed by atoms with van der Waals surface area (Å²) in [5.41, 5.74) is 8.22. The molecule has 0 amide bonds. The SMILES string of the molecule is COc1cccc2c1nc(N)n1nc(C3CCCN(CC4(C)CC4)C3)nc21. The van der Waals surface area contributed by atoms with Gasteiger partial charge in [-0.15, -0.1) is 5.10 Å². The van der Waals surface area contributed by atoms with Crippen LogP contribution < -0.4 is 10.5 Å². The minimum atomic E-state index is 0.346. The molecule has 5 rings (SSSR count). The molecule has 0 bridgehead atoms. The minimum Gasteiger partial charge on any atom is -0.494 e. The third-order valence-electron chi connectivity index (χ3n) is 6.11. The lowest BCUT2D eigenvalue weighted by molar-refractivity contribution is 0.173. The van der Waals surface area contributed by atoms with Crippen molar-refractivity contribution in [1.82, 2.24) is 24.5 Å². The van der Waals surface area contributed by atoms with Gasteiger partial charge in [-0.3, -0.25) is 0 Å². The summed E-state index contributed by atoms with van der Waals surface area (Å²) in [5.74, 6) is 2.28. The summed E-state index contributed by atoms with van der Waals surface area (Å²) in [5, 5.41) is 5.66. The number of benzene rings is 1. The van der Waals surface area contributed by atoms with E-state index < -0.39 is 0 Å². The zero-order valence-electron chi connectivity index (χ0n) is 16.0. The van der Waals surface area contributed by atoms with Crippen molar-refractivity contribution in [2.45, 2.75) is 38.5 Å². The Morgan fingerprint density at radius 2 is 2.15 bits per heavy atom. The second-order valence-electron chi connectivity index (χ2n) is 8.42. The maximum atomic E-state index is 6.19. The molecule has 2 aromatic heterocycles. The van der Waals surface area contributed by atoms with E-state index in [1.165, 1.54) is 32.4 Å². The third kappa shape index (κ3) is 2.90. The van der Waals surface area contributed by atoms with Gasteiger partial charge in [0.2, 0.25) is 5.95 Å².